The molecule has 0 bridgehead atoms. The number of hydrogen-bond donors (Lipinski definition) is 3. The molecule has 1 rings (SSSR count). The molecule has 4 nitrogen and oxygen atoms in total. The van der Waals surface area contributed by atoms with Crippen molar-refractivity contribution in [1.29, 1.82) is 0 Å². The molecule has 76 valence electrons. The number of carbonyl (C=O) groups is 1. The molecule has 5 heteroatoms. The molecule has 1 aromatic carbocycles. The van der Waals surface area contributed by atoms with Crippen molar-refractivity contribution < 1.29 is 19.4 Å². The third-order valence-corrected chi connectivity index (χ3v) is 1.60. The van der Waals surface area contributed by atoms with Gasteiger partial charge >= 0.3 is 0 Å². The lowest BCUT2D eigenvalue weighted by Crippen LogP contribution is -2.25. The summed E-state index contributed by atoms with van der Waals surface area (Å²) in [5.74, 6) is -0.997. The molecular formula is C9H10FNO3. The second-order valence-electron chi connectivity index (χ2n) is 2.65. The van der Waals surface area contributed by atoms with Crippen LogP contribution in [-0.4, -0.2) is 29.3 Å². The van der Waals surface area contributed by atoms with E-state index in [-0.39, 0.29) is 23.6 Å². The summed E-state index contributed by atoms with van der Waals surface area (Å²) in [6.45, 7) is -0.792. The van der Waals surface area contributed by atoms with E-state index >= 15 is 0 Å². The molecule has 0 saturated carbocycles. The van der Waals surface area contributed by atoms with Gasteiger partial charge in [-0.2, -0.15) is 0 Å². The van der Waals surface area contributed by atoms with E-state index in [1.807, 2.05) is 0 Å². The molecule has 3 N–H and O–H groups in total. The fourth-order valence-electron chi connectivity index (χ4n) is 0.962. The van der Waals surface area contributed by atoms with E-state index in [9.17, 15) is 14.3 Å². The van der Waals surface area contributed by atoms with Crippen LogP contribution in [0.25, 0.3) is 0 Å². The highest BCUT2D eigenvalue weighted by Crippen LogP contribution is 2.21. The van der Waals surface area contributed by atoms with Crippen LogP contribution in [0, 0.1) is 0 Å². The molecule has 0 heterocycles. The summed E-state index contributed by atoms with van der Waals surface area (Å²) >= 11 is 0. The monoisotopic (exact) mass is 199 g/mol. The summed E-state index contributed by atoms with van der Waals surface area (Å²) in [6.07, 6.45) is 0. The number of rotatable bonds is 3. The van der Waals surface area contributed by atoms with Gasteiger partial charge in [0.25, 0.3) is 5.91 Å². The Morgan fingerprint density at radius 1 is 1.43 bits per heavy atom. The maximum Gasteiger partial charge on any atom is 0.255 e. The van der Waals surface area contributed by atoms with Crippen molar-refractivity contribution in [2.24, 2.45) is 0 Å². The van der Waals surface area contributed by atoms with Crippen molar-refractivity contribution in [2.45, 2.75) is 0 Å². The average Bonchev–Trinajstić information content (AvgIpc) is 2.18. The third kappa shape index (κ3) is 2.35. The Morgan fingerprint density at radius 2 is 2.14 bits per heavy atom. The lowest BCUT2D eigenvalue weighted by molar-refractivity contribution is 0.0947. The second-order valence-corrected chi connectivity index (χ2v) is 2.65. The van der Waals surface area contributed by atoms with E-state index < -0.39 is 12.6 Å². The van der Waals surface area contributed by atoms with E-state index in [1.54, 1.807) is 0 Å². The highest BCUT2D eigenvalue weighted by Gasteiger charge is 2.10. The number of benzene rings is 1. The lowest BCUT2D eigenvalue weighted by Gasteiger charge is -2.05. The van der Waals surface area contributed by atoms with Crippen LogP contribution in [-0.2, 0) is 0 Å². The number of phenolic OH excluding ortho intramolecular Hbond substituents is 2. The van der Waals surface area contributed by atoms with E-state index in [0.29, 0.717) is 0 Å². The maximum absolute atomic E-state index is 11.7. The first-order valence-electron chi connectivity index (χ1n) is 4.01. The molecule has 1 aromatic rings. The fourth-order valence-corrected chi connectivity index (χ4v) is 0.962. The molecule has 0 atom stereocenters. The van der Waals surface area contributed by atoms with E-state index in [1.165, 1.54) is 12.1 Å². The van der Waals surface area contributed by atoms with Gasteiger partial charge in [0.1, 0.15) is 18.2 Å². The number of nitrogens with one attached hydrogen (secondary N) is 1. The Morgan fingerprint density at radius 3 is 2.79 bits per heavy atom. The van der Waals surface area contributed by atoms with Gasteiger partial charge in [-0.05, 0) is 18.2 Å². The molecule has 0 saturated heterocycles. The molecule has 0 spiro atoms. The number of alkyl halides is 1. The number of aromatic hydroxyl groups is 2. The van der Waals surface area contributed by atoms with Gasteiger partial charge in [-0.15, -0.1) is 0 Å². The topological polar surface area (TPSA) is 69.6 Å². The molecule has 0 aliphatic heterocycles. The van der Waals surface area contributed by atoms with Crippen LogP contribution in [0.1, 0.15) is 10.4 Å². The van der Waals surface area contributed by atoms with E-state index in [4.69, 9.17) is 5.11 Å². The summed E-state index contributed by atoms with van der Waals surface area (Å²) in [5, 5.41) is 20.5. The van der Waals surface area contributed by atoms with Crippen molar-refractivity contribution in [2.75, 3.05) is 13.2 Å². The molecule has 0 unspecified atom stereocenters. The average molecular weight is 199 g/mol. The highest BCUT2D eigenvalue weighted by molar-refractivity contribution is 5.97. The van der Waals surface area contributed by atoms with Gasteiger partial charge < -0.3 is 15.5 Å². The zero-order valence-corrected chi connectivity index (χ0v) is 7.33. The van der Waals surface area contributed by atoms with Gasteiger partial charge in [0.15, 0.2) is 0 Å². The number of phenols is 2. The molecular weight excluding hydrogens is 189 g/mol. The Kier molecular flexibility index (Phi) is 3.28. The van der Waals surface area contributed by atoms with Crippen LogP contribution in [0.4, 0.5) is 4.39 Å². The Hall–Kier alpha value is -1.78. The van der Waals surface area contributed by atoms with Crippen LogP contribution in [0.2, 0.25) is 0 Å². The van der Waals surface area contributed by atoms with Crippen LogP contribution in [0.5, 0.6) is 11.5 Å². The minimum atomic E-state index is -0.675. The highest BCUT2D eigenvalue weighted by atomic mass is 19.1. The Balaban J connectivity index is 2.83. The van der Waals surface area contributed by atoms with Gasteiger partial charge in [0.05, 0.1) is 5.56 Å². The van der Waals surface area contributed by atoms with Crippen molar-refractivity contribution >= 4 is 5.91 Å². The quantitative estimate of drug-likeness (QED) is 0.630. The zero-order chi connectivity index (χ0) is 10.6. The number of carbonyl (C=O) groups excluding carboxylic acids is 1. The van der Waals surface area contributed by atoms with Crippen molar-refractivity contribution in [3.05, 3.63) is 23.8 Å². The van der Waals surface area contributed by atoms with Crippen LogP contribution >= 0.6 is 0 Å². The molecule has 0 fully saturated rings. The SMILES string of the molecule is O=C(NCCF)c1cc(O)ccc1O. The van der Waals surface area contributed by atoms with Crippen LogP contribution in [0.3, 0.4) is 0 Å². The molecule has 0 aliphatic carbocycles. The minimum absolute atomic E-state index is 0.0709. The van der Waals surface area contributed by atoms with E-state index in [0.717, 1.165) is 6.07 Å². The molecule has 14 heavy (non-hydrogen) atoms. The predicted octanol–water partition coefficient (Wildman–Crippen LogP) is 0.797. The van der Waals surface area contributed by atoms with Gasteiger partial charge in [-0.1, -0.05) is 0 Å². The van der Waals surface area contributed by atoms with Gasteiger partial charge in [0.2, 0.25) is 0 Å². The molecule has 0 radical (unpaired) electrons. The molecule has 1 amide bonds. The largest absolute Gasteiger partial charge is 0.508 e. The number of hydrogen-bond acceptors (Lipinski definition) is 3. The molecule has 0 aromatic heterocycles. The summed E-state index contributed by atoms with van der Waals surface area (Å²) in [7, 11) is 0. The van der Waals surface area contributed by atoms with Crippen molar-refractivity contribution in [1.82, 2.24) is 5.32 Å². The van der Waals surface area contributed by atoms with Crippen LogP contribution < -0.4 is 5.32 Å². The lowest BCUT2D eigenvalue weighted by atomic mass is 10.2. The first-order valence-corrected chi connectivity index (χ1v) is 4.01. The van der Waals surface area contributed by atoms with Crippen molar-refractivity contribution in [3.63, 3.8) is 0 Å². The second kappa shape index (κ2) is 4.45. The van der Waals surface area contributed by atoms with Crippen molar-refractivity contribution in [3.8, 4) is 11.5 Å². The minimum Gasteiger partial charge on any atom is -0.508 e. The number of halogens is 1. The first kappa shape index (κ1) is 10.3. The van der Waals surface area contributed by atoms with Gasteiger partial charge in [0, 0.05) is 6.54 Å². The normalized spacial score (nSPS) is 9.79. The van der Waals surface area contributed by atoms with Gasteiger partial charge in [-0.25, -0.2) is 4.39 Å². The predicted molar refractivity (Wildman–Crippen MR) is 48.1 cm³/mol. The summed E-state index contributed by atoms with van der Waals surface area (Å²) in [4.78, 5) is 11.2. The fraction of sp³-hybridized carbons (Fsp3) is 0.222. The van der Waals surface area contributed by atoms with E-state index in [2.05, 4.69) is 5.32 Å². The first-order chi connectivity index (χ1) is 6.65. The summed E-state index contributed by atoms with van der Waals surface area (Å²) in [5.41, 5.74) is -0.0709. The smallest absolute Gasteiger partial charge is 0.255 e. The standard InChI is InChI=1S/C9H10FNO3/c10-3-4-11-9(14)7-5-6(12)1-2-8(7)13/h1-2,5,12-13H,3-4H2,(H,11,14). The summed E-state index contributed by atoms with van der Waals surface area (Å²) in [6, 6.07) is 3.56. The molecule has 0 aliphatic rings. The van der Waals surface area contributed by atoms with Crippen LogP contribution in [0.15, 0.2) is 18.2 Å². The number of amides is 1. The third-order valence-electron chi connectivity index (χ3n) is 1.60. The zero-order valence-electron chi connectivity index (χ0n) is 7.33. The Bertz CT molecular complexity index is 341. The Labute approximate surface area is 80.0 Å². The maximum atomic E-state index is 11.7. The summed E-state index contributed by atoms with van der Waals surface area (Å²) < 4.78 is 11.7. The van der Waals surface area contributed by atoms with Gasteiger partial charge in [-0.3, -0.25) is 4.79 Å².